The summed E-state index contributed by atoms with van der Waals surface area (Å²) in [6.07, 6.45) is 1.85. The number of carbonyl (C=O) groups excluding carboxylic acids is 1. The average molecular weight is 531 g/mol. The van der Waals surface area contributed by atoms with Gasteiger partial charge in [-0.2, -0.15) is 0 Å². The molecule has 1 heterocycles. The van der Waals surface area contributed by atoms with Gasteiger partial charge in [0, 0.05) is 75.1 Å². The van der Waals surface area contributed by atoms with Gasteiger partial charge in [-0.3, -0.25) is 14.9 Å². The monoisotopic (exact) mass is 530 g/mol. The number of non-ortho nitro benzene ring substituents is 1. The standard InChI is InChI=1S/C26H23N7O4S/c1-32(35)21-6-3-5-20(17-21)30-26-28-15-13-25(31-26)38-23-10-8-18(9-11-23)29-24(34)12-14-27-19-4-2-7-22(16-19)33(36)37/h2-11,13,15-17,27H,12,14H2,1H3,(H-,28,29,30,31,34)/p+1. The summed E-state index contributed by atoms with van der Waals surface area (Å²) < 4.78 is 0.779. The number of nitro benzene ring substituents is 1. The predicted molar refractivity (Wildman–Crippen MR) is 146 cm³/mol. The van der Waals surface area contributed by atoms with Gasteiger partial charge in [0.05, 0.1) is 4.92 Å². The molecular formula is C26H24N7O4S+. The van der Waals surface area contributed by atoms with E-state index in [2.05, 4.69) is 25.9 Å². The number of anilines is 4. The van der Waals surface area contributed by atoms with E-state index in [1.54, 1.807) is 54.7 Å². The highest BCUT2D eigenvalue weighted by atomic mass is 32.2. The largest absolute Gasteiger partial charge is 0.384 e. The second kappa shape index (κ2) is 12.4. The van der Waals surface area contributed by atoms with Gasteiger partial charge in [-0.05, 0) is 42.5 Å². The van der Waals surface area contributed by atoms with Crippen molar-refractivity contribution in [1.29, 1.82) is 0 Å². The molecule has 4 rings (SSSR count). The number of hydrogen-bond donors (Lipinski definition) is 3. The van der Waals surface area contributed by atoms with E-state index in [0.29, 0.717) is 35.2 Å². The van der Waals surface area contributed by atoms with Crippen molar-refractivity contribution in [3.05, 3.63) is 100 Å². The highest BCUT2D eigenvalue weighted by Crippen LogP contribution is 2.28. The first-order valence-corrected chi connectivity index (χ1v) is 12.3. The van der Waals surface area contributed by atoms with Crippen molar-refractivity contribution >= 4 is 52.1 Å². The Kier molecular flexibility index (Phi) is 8.57. The van der Waals surface area contributed by atoms with Crippen molar-refractivity contribution in [2.45, 2.75) is 16.3 Å². The van der Waals surface area contributed by atoms with Crippen LogP contribution in [0.5, 0.6) is 0 Å². The van der Waals surface area contributed by atoms with Crippen LogP contribution < -0.4 is 16.0 Å². The van der Waals surface area contributed by atoms with Gasteiger partial charge in [0.25, 0.3) is 11.4 Å². The fourth-order valence-corrected chi connectivity index (χ4v) is 4.14. The molecule has 0 bridgehead atoms. The van der Waals surface area contributed by atoms with Crippen molar-refractivity contribution in [3.63, 3.8) is 0 Å². The zero-order valence-electron chi connectivity index (χ0n) is 20.3. The molecule has 0 aliphatic rings. The minimum absolute atomic E-state index is 0.00880. The Morgan fingerprint density at radius 1 is 0.921 bits per heavy atom. The molecule has 0 radical (unpaired) electrons. The van der Waals surface area contributed by atoms with E-state index in [1.807, 2.05) is 18.2 Å². The molecule has 0 aliphatic carbocycles. The molecule has 0 atom stereocenters. The first-order chi connectivity index (χ1) is 18.4. The molecule has 38 heavy (non-hydrogen) atoms. The molecule has 0 saturated carbocycles. The molecule has 0 fully saturated rings. The normalized spacial score (nSPS) is 10.4. The molecule has 192 valence electrons. The molecule has 0 spiro atoms. The number of nitroso groups, excluding NO2 is 1. The van der Waals surface area contributed by atoms with Gasteiger partial charge in [-0.25, -0.2) is 9.97 Å². The lowest BCUT2D eigenvalue weighted by Gasteiger charge is -2.09. The van der Waals surface area contributed by atoms with E-state index < -0.39 is 4.92 Å². The number of nitrogens with zero attached hydrogens (tertiary/aromatic N) is 4. The SMILES string of the molecule is C[N+](=O)c1cccc(Nc2nccc(Sc3ccc(NC(=O)CCNc4cccc([N+](=O)[O-])c4)cc3)n2)c1. The van der Waals surface area contributed by atoms with Gasteiger partial charge in [-0.1, -0.05) is 23.9 Å². The third kappa shape index (κ3) is 7.58. The maximum Gasteiger partial charge on any atom is 0.271 e. The molecule has 0 saturated heterocycles. The minimum Gasteiger partial charge on any atom is -0.384 e. The molecular weight excluding hydrogens is 506 g/mol. The Hall–Kier alpha value is -4.84. The average Bonchev–Trinajstić information content (AvgIpc) is 2.90. The van der Waals surface area contributed by atoms with Crippen LogP contribution in [0.1, 0.15) is 6.42 Å². The molecule has 4 aromatic rings. The van der Waals surface area contributed by atoms with E-state index in [1.165, 1.54) is 30.9 Å². The lowest BCUT2D eigenvalue weighted by molar-refractivity contribution is -0.428. The Balaban J connectivity index is 1.28. The highest BCUT2D eigenvalue weighted by Gasteiger charge is 2.09. The summed E-state index contributed by atoms with van der Waals surface area (Å²) in [6.45, 7) is 0.336. The summed E-state index contributed by atoms with van der Waals surface area (Å²) in [5.74, 6) is 0.227. The van der Waals surface area contributed by atoms with E-state index in [9.17, 15) is 19.8 Å². The van der Waals surface area contributed by atoms with Crippen LogP contribution in [0.15, 0.2) is 95.0 Å². The molecule has 0 unspecified atom stereocenters. The van der Waals surface area contributed by atoms with Crippen LogP contribution in [0.2, 0.25) is 0 Å². The van der Waals surface area contributed by atoms with Gasteiger partial charge < -0.3 is 16.0 Å². The molecule has 11 nitrogen and oxygen atoms in total. The van der Waals surface area contributed by atoms with Crippen molar-refractivity contribution in [3.8, 4) is 0 Å². The topological polar surface area (TPSA) is 142 Å². The van der Waals surface area contributed by atoms with E-state index in [-0.39, 0.29) is 18.0 Å². The number of nitrogens with one attached hydrogen (secondary N) is 3. The zero-order valence-corrected chi connectivity index (χ0v) is 21.1. The number of benzene rings is 3. The number of aromatic nitrogens is 2. The summed E-state index contributed by atoms with van der Waals surface area (Å²) in [5.41, 5.74) is 2.45. The fourth-order valence-electron chi connectivity index (χ4n) is 3.37. The van der Waals surface area contributed by atoms with Crippen molar-refractivity contribution in [2.75, 3.05) is 29.5 Å². The lowest BCUT2D eigenvalue weighted by Crippen LogP contribution is -2.16. The number of carbonyl (C=O) groups is 1. The summed E-state index contributed by atoms with van der Waals surface area (Å²) in [5, 5.41) is 20.6. The Bertz CT molecular complexity index is 1460. The summed E-state index contributed by atoms with van der Waals surface area (Å²) in [4.78, 5) is 43.9. The quantitative estimate of drug-likeness (QED) is 0.0954. The van der Waals surface area contributed by atoms with Crippen LogP contribution in [0, 0.1) is 15.0 Å². The van der Waals surface area contributed by atoms with Gasteiger partial charge >= 0.3 is 0 Å². The second-order valence-electron chi connectivity index (χ2n) is 8.05. The van der Waals surface area contributed by atoms with Crippen LogP contribution in [0.3, 0.4) is 0 Å². The Morgan fingerprint density at radius 2 is 1.63 bits per heavy atom. The number of amides is 1. The molecule has 12 heteroatoms. The number of nitro groups is 1. The molecule has 1 aromatic heterocycles. The lowest BCUT2D eigenvalue weighted by atomic mass is 10.2. The maximum absolute atomic E-state index is 12.3. The van der Waals surface area contributed by atoms with E-state index in [4.69, 9.17) is 0 Å². The first-order valence-electron chi connectivity index (χ1n) is 11.5. The third-order valence-corrected chi connectivity index (χ3v) is 6.14. The minimum atomic E-state index is -0.462. The van der Waals surface area contributed by atoms with Crippen LogP contribution in [0.4, 0.5) is 34.4 Å². The molecule has 1 amide bonds. The van der Waals surface area contributed by atoms with E-state index in [0.717, 1.165) is 14.7 Å². The van der Waals surface area contributed by atoms with Crippen molar-refractivity contribution < 1.29 is 14.5 Å². The smallest absolute Gasteiger partial charge is 0.271 e. The summed E-state index contributed by atoms with van der Waals surface area (Å²) in [7, 11) is 1.43. The molecule has 0 aliphatic heterocycles. The van der Waals surface area contributed by atoms with E-state index >= 15 is 0 Å². The van der Waals surface area contributed by atoms with Crippen molar-refractivity contribution in [1.82, 2.24) is 9.97 Å². The maximum atomic E-state index is 12.3. The van der Waals surface area contributed by atoms with Gasteiger partial charge in [0.2, 0.25) is 11.9 Å². The summed E-state index contributed by atoms with van der Waals surface area (Å²) >= 11 is 1.44. The van der Waals surface area contributed by atoms with Crippen LogP contribution >= 0.6 is 11.8 Å². The Morgan fingerprint density at radius 3 is 2.37 bits per heavy atom. The number of rotatable bonds is 11. The highest BCUT2D eigenvalue weighted by molar-refractivity contribution is 7.99. The van der Waals surface area contributed by atoms with Crippen LogP contribution in [-0.2, 0) is 4.79 Å². The second-order valence-corrected chi connectivity index (χ2v) is 9.14. The van der Waals surface area contributed by atoms with Crippen LogP contribution in [0.25, 0.3) is 0 Å². The zero-order chi connectivity index (χ0) is 26.9. The molecule has 3 aromatic carbocycles. The third-order valence-electron chi connectivity index (χ3n) is 5.19. The fraction of sp³-hybridized carbons (Fsp3) is 0.115. The van der Waals surface area contributed by atoms with Gasteiger partial charge in [-0.15, -0.1) is 0 Å². The van der Waals surface area contributed by atoms with Gasteiger partial charge in [0.15, 0.2) is 7.05 Å². The number of hydrogen-bond acceptors (Lipinski definition) is 9. The molecule has 3 N–H and O–H groups in total. The van der Waals surface area contributed by atoms with Crippen LogP contribution in [-0.4, -0.2) is 39.2 Å². The Labute approximate surface area is 222 Å². The van der Waals surface area contributed by atoms with Gasteiger partial charge in [0.1, 0.15) is 5.03 Å². The first kappa shape index (κ1) is 26.2. The predicted octanol–water partition coefficient (Wildman–Crippen LogP) is 5.76. The van der Waals surface area contributed by atoms with Crippen molar-refractivity contribution in [2.24, 2.45) is 0 Å². The summed E-state index contributed by atoms with van der Waals surface area (Å²) in [6, 6.07) is 22.3.